The van der Waals surface area contributed by atoms with Crippen LogP contribution in [0.2, 0.25) is 0 Å². The van der Waals surface area contributed by atoms with E-state index < -0.39 is 11.9 Å². The van der Waals surface area contributed by atoms with Gasteiger partial charge < -0.3 is 21.7 Å². The molecule has 0 aromatic carbocycles. The fourth-order valence-corrected chi connectivity index (χ4v) is 0.388. The van der Waals surface area contributed by atoms with Crippen molar-refractivity contribution in [3.8, 4) is 0 Å². The smallest absolute Gasteiger partial charge is 0.414 e. The molecule has 1 heterocycles. The van der Waals surface area contributed by atoms with E-state index in [2.05, 4.69) is 9.97 Å². The van der Waals surface area contributed by atoms with Gasteiger partial charge in [0.05, 0.1) is 0 Å². The number of rotatable bonds is 0. The van der Waals surface area contributed by atoms with Gasteiger partial charge in [0.2, 0.25) is 5.95 Å². The number of nitrogens with zero attached hydrogens (tertiary/aromatic N) is 2. The van der Waals surface area contributed by atoms with Crippen LogP contribution in [0.1, 0.15) is 0 Å². The van der Waals surface area contributed by atoms with Gasteiger partial charge in [0.15, 0.2) is 0 Å². The molecule has 0 spiro atoms. The summed E-state index contributed by atoms with van der Waals surface area (Å²) in [5.74, 6) is -3.03. The van der Waals surface area contributed by atoms with E-state index in [0.29, 0.717) is 5.82 Å². The number of nitrogens with two attached hydrogens (primary N) is 2. The van der Waals surface area contributed by atoms with Crippen LogP contribution in [0.15, 0.2) is 12.3 Å². The minimum Gasteiger partial charge on any atom is -0.473 e. The SMILES string of the molecule is Nc1ccnc(N)n1.O=C(O)C(=O)O. The summed E-state index contributed by atoms with van der Waals surface area (Å²) in [6.07, 6.45) is 1.51. The Morgan fingerprint density at radius 2 is 1.71 bits per heavy atom. The lowest BCUT2D eigenvalue weighted by Gasteiger charge is -1.89. The second-order valence-corrected chi connectivity index (χ2v) is 1.95. The van der Waals surface area contributed by atoms with Crippen molar-refractivity contribution in [2.24, 2.45) is 0 Å². The second kappa shape index (κ2) is 5.30. The molecule has 76 valence electrons. The van der Waals surface area contributed by atoms with E-state index in [1.165, 1.54) is 6.20 Å². The van der Waals surface area contributed by atoms with Crippen LogP contribution in [-0.2, 0) is 9.59 Å². The molecule has 0 atom stereocenters. The largest absolute Gasteiger partial charge is 0.473 e. The van der Waals surface area contributed by atoms with Gasteiger partial charge in [-0.05, 0) is 6.07 Å². The minimum atomic E-state index is -1.82. The molecule has 0 aliphatic heterocycles. The fourth-order valence-electron chi connectivity index (χ4n) is 0.388. The average Bonchev–Trinajstić information content (AvgIpc) is 2.04. The van der Waals surface area contributed by atoms with Crippen LogP contribution in [0.25, 0.3) is 0 Å². The van der Waals surface area contributed by atoms with Crippen molar-refractivity contribution in [3.05, 3.63) is 12.3 Å². The third-order valence-electron chi connectivity index (χ3n) is 0.879. The van der Waals surface area contributed by atoms with Crippen molar-refractivity contribution < 1.29 is 19.8 Å². The zero-order valence-corrected chi connectivity index (χ0v) is 6.91. The number of nitrogen functional groups attached to an aromatic ring is 2. The molecule has 0 saturated carbocycles. The van der Waals surface area contributed by atoms with Gasteiger partial charge in [0.1, 0.15) is 5.82 Å². The molecular formula is C6H8N4O4. The summed E-state index contributed by atoms with van der Waals surface area (Å²) in [4.78, 5) is 25.4. The van der Waals surface area contributed by atoms with Crippen LogP contribution in [0.4, 0.5) is 11.8 Å². The van der Waals surface area contributed by atoms with Gasteiger partial charge in [-0.1, -0.05) is 0 Å². The van der Waals surface area contributed by atoms with E-state index in [4.69, 9.17) is 31.3 Å². The first-order chi connectivity index (χ1) is 6.43. The Kier molecular flexibility index (Phi) is 4.40. The quantitative estimate of drug-likeness (QED) is 0.381. The maximum Gasteiger partial charge on any atom is 0.414 e. The molecule has 8 heteroatoms. The summed E-state index contributed by atoms with van der Waals surface area (Å²) in [5.41, 5.74) is 10.4. The molecule has 8 nitrogen and oxygen atoms in total. The number of carboxylic acid groups (broad SMARTS) is 2. The maximum atomic E-state index is 9.10. The van der Waals surface area contributed by atoms with Gasteiger partial charge in [0.25, 0.3) is 0 Å². The monoisotopic (exact) mass is 200 g/mol. The molecule has 0 bridgehead atoms. The fraction of sp³-hybridized carbons (Fsp3) is 0. The highest BCUT2D eigenvalue weighted by molar-refractivity contribution is 6.27. The van der Waals surface area contributed by atoms with E-state index in [9.17, 15) is 0 Å². The maximum absolute atomic E-state index is 9.10. The summed E-state index contributed by atoms with van der Waals surface area (Å²) in [6.45, 7) is 0. The zero-order valence-electron chi connectivity index (χ0n) is 6.91. The highest BCUT2D eigenvalue weighted by atomic mass is 16.4. The standard InChI is InChI=1S/C4H6N4.C2H2O4/c5-3-1-2-7-4(6)8-3;3-1(4)2(5)6/h1-2H,(H4,5,6,7,8);(H,3,4)(H,5,6). The summed E-state index contributed by atoms with van der Waals surface area (Å²) in [6, 6.07) is 1.58. The molecule has 1 aromatic heterocycles. The molecule has 1 aromatic rings. The lowest BCUT2D eigenvalue weighted by molar-refractivity contribution is -0.159. The Bertz CT molecular complexity index is 311. The van der Waals surface area contributed by atoms with Gasteiger partial charge in [-0.15, -0.1) is 0 Å². The van der Waals surface area contributed by atoms with Gasteiger partial charge in [0, 0.05) is 6.20 Å². The Balaban J connectivity index is 0.000000255. The first-order valence-electron chi connectivity index (χ1n) is 3.23. The van der Waals surface area contributed by atoms with E-state index in [1.54, 1.807) is 6.07 Å². The summed E-state index contributed by atoms with van der Waals surface area (Å²) >= 11 is 0. The Morgan fingerprint density at radius 1 is 1.21 bits per heavy atom. The summed E-state index contributed by atoms with van der Waals surface area (Å²) < 4.78 is 0. The molecule has 0 amide bonds. The molecule has 1 rings (SSSR count). The predicted molar refractivity (Wildman–Crippen MR) is 46.1 cm³/mol. The Hall–Kier alpha value is -2.38. The molecule has 0 aliphatic rings. The summed E-state index contributed by atoms with van der Waals surface area (Å²) in [7, 11) is 0. The van der Waals surface area contributed by atoms with Crippen molar-refractivity contribution in [3.63, 3.8) is 0 Å². The average molecular weight is 200 g/mol. The van der Waals surface area contributed by atoms with E-state index in [1.807, 2.05) is 0 Å². The van der Waals surface area contributed by atoms with E-state index in [0.717, 1.165) is 0 Å². The van der Waals surface area contributed by atoms with Crippen LogP contribution in [0.3, 0.4) is 0 Å². The minimum absolute atomic E-state index is 0.213. The third-order valence-corrected chi connectivity index (χ3v) is 0.879. The number of hydrogen-bond donors (Lipinski definition) is 4. The third kappa shape index (κ3) is 5.29. The van der Waals surface area contributed by atoms with E-state index in [-0.39, 0.29) is 5.95 Å². The highest BCUT2D eigenvalue weighted by Gasteiger charge is 2.04. The molecular weight excluding hydrogens is 192 g/mol. The number of anilines is 2. The van der Waals surface area contributed by atoms with Crippen LogP contribution in [0, 0.1) is 0 Å². The van der Waals surface area contributed by atoms with Gasteiger partial charge in [-0.25, -0.2) is 14.6 Å². The van der Waals surface area contributed by atoms with Gasteiger partial charge in [-0.2, -0.15) is 4.98 Å². The van der Waals surface area contributed by atoms with Crippen molar-refractivity contribution in [2.45, 2.75) is 0 Å². The Labute approximate surface area is 78.2 Å². The number of aromatic nitrogens is 2. The predicted octanol–water partition coefficient (Wildman–Crippen LogP) is -1.20. The molecule has 0 fully saturated rings. The number of hydrogen-bond acceptors (Lipinski definition) is 6. The Morgan fingerprint density at radius 3 is 1.93 bits per heavy atom. The van der Waals surface area contributed by atoms with Crippen LogP contribution in [-0.4, -0.2) is 32.1 Å². The topological polar surface area (TPSA) is 152 Å². The second-order valence-electron chi connectivity index (χ2n) is 1.95. The molecule has 0 aliphatic carbocycles. The van der Waals surface area contributed by atoms with E-state index >= 15 is 0 Å². The molecule has 6 N–H and O–H groups in total. The lowest BCUT2D eigenvalue weighted by atomic mass is 10.6. The number of carbonyl (C=O) groups is 2. The normalized spacial score (nSPS) is 8.29. The van der Waals surface area contributed by atoms with Crippen molar-refractivity contribution in [1.82, 2.24) is 9.97 Å². The number of aliphatic carboxylic acids is 2. The zero-order chi connectivity index (χ0) is 11.1. The first-order valence-corrected chi connectivity index (χ1v) is 3.23. The highest BCUT2D eigenvalue weighted by Crippen LogP contribution is 1.94. The lowest BCUT2D eigenvalue weighted by Crippen LogP contribution is -2.09. The number of carboxylic acids is 2. The van der Waals surface area contributed by atoms with Crippen molar-refractivity contribution in [1.29, 1.82) is 0 Å². The van der Waals surface area contributed by atoms with Crippen molar-refractivity contribution in [2.75, 3.05) is 11.5 Å². The molecule has 14 heavy (non-hydrogen) atoms. The summed E-state index contributed by atoms with van der Waals surface area (Å²) in [5, 5.41) is 14.8. The van der Waals surface area contributed by atoms with Crippen LogP contribution >= 0.6 is 0 Å². The van der Waals surface area contributed by atoms with Gasteiger partial charge >= 0.3 is 11.9 Å². The molecule has 0 radical (unpaired) electrons. The van der Waals surface area contributed by atoms with Crippen LogP contribution < -0.4 is 11.5 Å². The van der Waals surface area contributed by atoms with Crippen LogP contribution in [0.5, 0.6) is 0 Å². The molecule has 0 unspecified atom stereocenters. The van der Waals surface area contributed by atoms with Gasteiger partial charge in [-0.3, -0.25) is 0 Å². The molecule has 0 saturated heterocycles. The first kappa shape index (κ1) is 11.6. The van der Waals surface area contributed by atoms with Crippen molar-refractivity contribution >= 4 is 23.7 Å².